The van der Waals surface area contributed by atoms with Crippen molar-refractivity contribution in [3.8, 4) is 0 Å². The summed E-state index contributed by atoms with van der Waals surface area (Å²) < 4.78 is 11.0. The topological polar surface area (TPSA) is 62.0 Å². The summed E-state index contributed by atoms with van der Waals surface area (Å²) in [6, 6.07) is 4.21. The van der Waals surface area contributed by atoms with Gasteiger partial charge in [0.2, 0.25) is 0 Å². The van der Waals surface area contributed by atoms with E-state index in [1.54, 1.807) is 13.4 Å². The average molecular weight is 506 g/mol. The largest absolute Gasteiger partial charge is 0.468 e. The summed E-state index contributed by atoms with van der Waals surface area (Å²) in [5, 5.41) is 7.08. The molecule has 0 spiro atoms. The number of hydrogen-bond acceptors (Lipinski definition) is 4. The molecule has 1 aromatic rings. The van der Waals surface area contributed by atoms with Crippen molar-refractivity contribution in [2.75, 3.05) is 46.9 Å². The molecule has 1 heterocycles. The highest BCUT2D eigenvalue weighted by Gasteiger charge is 2.33. The number of halogens is 1. The third-order valence-electron chi connectivity index (χ3n) is 5.94. The van der Waals surface area contributed by atoms with E-state index in [4.69, 9.17) is 9.15 Å². The number of aliphatic imine (C=N–C) groups is 1. The Morgan fingerprint density at radius 1 is 1.29 bits per heavy atom. The van der Waals surface area contributed by atoms with Crippen LogP contribution in [0, 0.1) is 5.41 Å². The summed E-state index contributed by atoms with van der Waals surface area (Å²) in [5.41, 5.74) is 0.340. The molecule has 0 saturated heterocycles. The van der Waals surface area contributed by atoms with E-state index < -0.39 is 0 Å². The number of likely N-dealkylation sites (N-methyl/N-ethyl adjacent to an activating group) is 1. The van der Waals surface area contributed by atoms with Crippen molar-refractivity contribution in [3.63, 3.8) is 0 Å². The molecule has 28 heavy (non-hydrogen) atoms. The second-order valence-corrected chi connectivity index (χ2v) is 7.51. The first kappa shape index (κ1) is 25.2. The Bertz CT molecular complexity index is 541. The molecule has 1 aromatic heterocycles. The second kappa shape index (κ2) is 13.4. The van der Waals surface area contributed by atoms with E-state index in [0.29, 0.717) is 5.41 Å². The van der Waals surface area contributed by atoms with Crippen LogP contribution in [0.4, 0.5) is 0 Å². The summed E-state index contributed by atoms with van der Waals surface area (Å²) in [5.74, 6) is 1.86. The van der Waals surface area contributed by atoms with Gasteiger partial charge in [-0.3, -0.25) is 9.89 Å². The van der Waals surface area contributed by atoms with Gasteiger partial charge >= 0.3 is 0 Å². The van der Waals surface area contributed by atoms with Crippen molar-refractivity contribution in [2.45, 2.75) is 52.0 Å². The number of furan rings is 1. The number of hydrogen-bond donors (Lipinski definition) is 2. The van der Waals surface area contributed by atoms with Crippen LogP contribution in [-0.4, -0.2) is 57.8 Å². The number of guanidine groups is 1. The molecule has 6 nitrogen and oxygen atoms in total. The van der Waals surface area contributed by atoms with E-state index in [2.05, 4.69) is 40.4 Å². The maximum absolute atomic E-state index is 5.69. The molecular formula is C21H39IN4O2. The van der Waals surface area contributed by atoms with E-state index in [9.17, 15) is 0 Å². The van der Waals surface area contributed by atoms with Crippen LogP contribution in [0.5, 0.6) is 0 Å². The van der Waals surface area contributed by atoms with Crippen LogP contribution in [0.2, 0.25) is 0 Å². The molecule has 1 aliphatic carbocycles. The molecule has 2 rings (SSSR count). The monoisotopic (exact) mass is 506 g/mol. The molecule has 1 unspecified atom stereocenters. The highest BCUT2D eigenvalue weighted by atomic mass is 127. The molecular weight excluding hydrogens is 467 g/mol. The lowest BCUT2D eigenvalue weighted by Gasteiger charge is -2.31. The Morgan fingerprint density at radius 3 is 2.54 bits per heavy atom. The fourth-order valence-electron chi connectivity index (χ4n) is 4.20. The lowest BCUT2D eigenvalue weighted by molar-refractivity contribution is 0.138. The number of rotatable bonds is 11. The number of nitrogens with one attached hydrogen (secondary N) is 2. The standard InChI is InChI=1S/C21H38N4O2.HI/c1-5-25(6-2)18(19-10-9-14-27-19)16-23-20(22-3)24-17-21(13-15-26-4)11-7-8-12-21;/h9-10,14,18H,5-8,11-13,15-17H2,1-4H3,(H2,22,23,24);1H. The van der Waals surface area contributed by atoms with Crippen LogP contribution < -0.4 is 10.6 Å². The Hall–Kier alpha value is -0.800. The molecule has 1 atom stereocenters. The van der Waals surface area contributed by atoms with Gasteiger partial charge in [-0.2, -0.15) is 0 Å². The zero-order valence-electron chi connectivity index (χ0n) is 18.0. The maximum Gasteiger partial charge on any atom is 0.191 e. The van der Waals surface area contributed by atoms with Crippen LogP contribution >= 0.6 is 24.0 Å². The first-order valence-electron chi connectivity index (χ1n) is 10.4. The van der Waals surface area contributed by atoms with Gasteiger partial charge in [-0.25, -0.2) is 0 Å². The minimum Gasteiger partial charge on any atom is -0.468 e. The molecule has 7 heteroatoms. The normalized spacial score (nSPS) is 17.4. The van der Waals surface area contributed by atoms with E-state index in [1.165, 1.54) is 25.7 Å². The van der Waals surface area contributed by atoms with Gasteiger partial charge in [-0.05, 0) is 49.9 Å². The van der Waals surface area contributed by atoms with Crippen molar-refractivity contribution in [2.24, 2.45) is 10.4 Å². The summed E-state index contributed by atoms with van der Waals surface area (Å²) in [4.78, 5) is 6.84. The van der Waals surface area contributed by atoms with Gasteiger partial charge in [0.15, 0.2) is 5.96 Å². The van der Waals surface area contributed by atoms with Crippen molar-refractivity contribution in [1.29, 1.82) is 0 Å². The highest BCUT2D eigenvalue weighted by Crippen LogP contribution is 2.40. The molecule has 0 amide bonds. The third-order valence-corrected chi connectivity index (χ3v) is 5.94. The second-order valence-electron chi connectivity index (χ2n) is 7.51. The molecule has 0 aliphatic heterocycles. The van der Waals surface area contributed by atoms with Gasteiger partial charge < -0.3 is 19.8 Å². The first-order chi connectivity index (χ1) is 13.2. The van der Waals surface area contributed by atoms with E-state index in [1.807, 2.05) is 13.1 Å². The van der Waals surface area contributed by atoms with Crippen molar-refractivity contribution in [3.05, 3.63) is 24.2 Å². The van der Waals surface area contributed by atoms with Crippen LogP contribution in [0.3, 0.4) is 0 Å². The number of ether oxygens (including phenoxy) is 1. The molecule has 0 bridgehead atoms. The zero-order chi connectivity index (χ0) is 19.5. The third kappa shape index (κ3) is 7.22. The van der Waals surface area contributed by atoms with E-state index >= 15 is 0 Å². The summed E-state index contributed by atoms with van der Waals surface area (Å²) >= 11 is 0. The molecule has 162 valence electrons. The maximum atomic E-state index is 5.69. The van der Waals surface area contributed by atoms with Crippen molar-refractivity contribution < 1.29 is 9.15 Å². The van der Waals surface area contributed by atoms with Gasteiger partial charge in [-0.15, -0.1) is 24.0 Å². The quantitative estimate of drug-likeness (QED) is 0.270. The minimum atomic E-state index is 0. The number of nitrogens with zero attached hydrogens (tertiary/aromatic N) is 2. The van der Waals surface area contributed by atoms with Gasteiger partial charge in [0, 0.05) is 33.9 Å². The predicted molar refractivity (Wildman–Crippen MR) is 127 cm³/mol. The molecule has 1 saturated carbocycles. The predicted octanol–water partition coefficient (Wildman–Crippen LogP) is 4.04. The molecule has 2 N–H and O–H groups in total. The van der Waals surface area contributed by atoms with E-state index in [-0.39, 0.29) is 30.0 Å². The lowest BCUT2D eigenvalue weighted by Crippen LogP contribution is -2.46. The molecule has 1 fully saturated rings. The average Bonchev–Trinajstić information content (AvgIpc) is 3.38. The molecule has 0 radical (unpaired) electrons. The van der Waals surface area contributed by atoms with Gasteiger partial charge in [-0.1, -0.05) is 26.7 Å². The van der Waals surface area contributed by atoms with Crippen LogP contribution in [0.1, 0.15) is 57.8 Å². The highest BCUT2D eigenvalue weighted by molar-refractivity contribution is 14.0. The van der Waals surface area contributed by atoms with Gasteiger partial charge in [0.05, 0.1) is 12.3 Å². The van der Waals surface area contributed by atoms with Gasteiger partial charge in [0.25, 0.3) is 0 Å². The summed E-state index contributed by atoms with van der Waals surface area (Å²) in [6.07, 6.45) is 8.05. The molecule has 1 aliphatic rings. The van der Waals surface area contributed by atoms with Gasteiger partial charge in [0.1, 0.15) is 5.76 Å². The number of methoxy groups -OCH3 is 1. The molecule has 0 aromatic carbocycles. The smallest absolute Gasteiger partial charge is 0.191 e. The van der Waals surface area contributed by atoms with E-state index in [0.717, 1.165) is 50.9 Å². The zero-order valence-corrected chi connectivity index (χ0v) is 20.3. The summed E-state index contributed by atoms with van der Waals surface area (Å²) in [7, 11) is 3.63. The fraction of sp³-hybridized carbons (Fsp3) is 0.762. The Labute approximate surface area is 187 Å². The van der Waals surface area contributed by atoms with Crippen molar-refractivity contribution in [1.82, 2.24) is 15.5 Å². The van der Waals surface area contributed by atoms with Crippen LogP contribution in [-0.2, 0) is 4.74 Å². The summed E-state index contributed by atoms with van der Waals surface area (Å²) in [6.45, 7) is 8.88. The van der Waals surface area contributed by atoms with Crippen LogP contribution in [0.15, 0.2) is 27.8 Å². The Kier molecular flexibility index (Phi) is 12.1. The van der Waals surface area contributed by atoms with Crippen LogP contribution in [0.25, 0.3) is 0 Å². The first-order valence-corrected chi connectivity index (χ1v) is 10.4. The lowest BCUT2D eigenvalue weighted by atomic mass is 9.83. The fourth-order valence-corrected chi connectivity index (χ4v) is 4.20. The SMILES string of the molecule is CCN(CC)C(CNC(=NC)NCC1(CCOC)CCCC1)c1ccco1.I. The van der Waals surface area contributed by atoms with Crippen molar-refractivity contribution >= 4 is 29.9 Å². The Balaban J connectivity index is 0.00000392. The minimum absolute atomic E-state index is 0. The Morgan fingerprint density at radius 2 is 2.00 bits per heavy atom.